The van der Waals surface area contributed by atoms with Crippen LogP contribution in [0.2, 0.25) is 0 Å². The average Bonchev–Trinajstić information content (AvgIpc) is 2.86. The highest BCUT2D eigenvalue weighted by atomic mass is 16.5. The Morgan fingerprint density at radius 2 is 2.16 bits per heavy atom. The second-order valence-corrected chi connectivity index (χ2v) is 3.75. The van der Waals surface area contributed by atoms with Crippen LogP contribution in [0.15, 0.2) is 22.6 Å². The molecule has 0 fully saturated rings. The van der Waals surface area contributed by atoms with Crippen LogP contribution in [0, 0.1) is 6.92 Å². The molecule has 1 heterocycles. The van der Waals surface area contributed by atoms with Gasteiger partial charge in [-0.25, -0.2) is 4.79 Å². The minimum atomic E-state index is -1.27. The van der Waals surface area contributed by atoms with Gasteiger partial charge in [0, 0.05) is 0 Å². The molecule has 2 rings (SSSR count). The molecule has 100 valence electrons. The maximum Gasteiger partial charge on any atom is 0.393 e. The third-order valence-corrected chi connectivity index (χ3v) is 2.32. The number of carbonyl (C=O) groups is 1. The zero-order valence-electron chi connectivity index (χ0n) is 10.4. The minimum Gasteiger partial charge on any atom is -0.493 e. The number of benzene rings is 1. The minimum absolute atomic E-state index is 0.0281. The van der Waals surface area contributed by atoms with E-state index in [9.17, 15) is 4.79 Å². The molecule has 0 radical (unpaired) electrons. The van der Waals surface area contributed by atoms with Crippen LogP contribution < -0.4 is 9.47 Å². The molecular formula is C12H12N2O5. The highest BCUT2D eigenvalue weighted by Crippen LogP contribution is 2.28. The number of carboxylic acids is 1. The standard InChI is InChI=1S/C12H12N2O5/c1-7-3-4-8(9(5-7)17-2)18-6-10-13-14-11(19-10)12(15)16/h3-5H,6H2,1-2H3,(H,15,16). The van der Waals surface area contributed by atoms with Crippen LogP contribution in [0.25, 0.3) is 0 Å². The van der Waals surface area contributed by atoms with E-state index < -0.39 is 11.9 Å². The van der Waals surface area contributed by atoms with Crippen molar-refractivity contribution in [3.8, 4) is 11.5 Å². The average molecular weight is 264 g/mol. The van der Waals surface area contributed by atoms with Crippen LogP contribution in [0.1, 0.15) is 22.1 Å². The summed E-state index contributed by atoms with van der Waals surface area (Å²) in [5.41, 5.74) is 1.04. The molecule has 0 aliphatic carbocycles. The van der Waals surface area contributed by atoms with Gasteiger partial charge in [0.25, 0.3) is 5.89 Å². The molecule has 0 aliphatic rings. The molecule has 19 heavy (non-hydrogen) atoms. The molecule has 0 aliphatic heterocycles. The summed E-state index contributed by atoms with van der Waals surface area (Å²) in [4.78, 5) is 10.6. The number of methoxy groups -OCH3 is 1. The van der Waals surface area contributed by atoms with Gasteiger partial charge in [0.15, 0.2) is 18.1 Å². The van der Waals surface area contributed by atoms with E-state index in [2.05, 4.69) is 10.2 Å². The van der Waals surface area contributed by atoms with Crippen LogP contribution in [-0.4, -0.2) is 28.4 Å². The molecule has 1 N–H and O–H groups in total. The summed E-state index contributed by atoms with van der Waals surface area (Å²) in [6.45, 7) is 1.91. The Bertz CT molecular complexity index is 594. The number of aromatic nitrogens is 2. The highest BCUT2D eigenvalue weighted by molar-refractivity contribution is 5.81. The van der Waals surface area contributed by atoms with Gasteiger partial charge in [0.2, 0.25) is 0 Å². The Labute approximate surface area is 108 Å². The Kier molecular flexibility index (Phi) is 3.65. The first-order valence-corrected chi connectivity index (χ1v) is 5.43. The molecule has 0 saturated heterocycles. The molecule has 0 spiro atoms. The number of hydrogen-bond donors (Lipinski definition) is 1. The third-order valence-electron chi connectivity index (χ3n) is 2.32. The van der Waals surface area contributed by atoms with Gasteiger partial charge < -0.3 is 19.0 Å². The molecule has 7 nitrogen and oxygen atoms in total. The van der Waals surface area contributed by atoms with Gasteiger partial charge in [-0.05, 0) is 24.6 Å². The Hall–Kier alpha value is -2.57. The SMILES string of the molecule is COc1cc(C)ccc1OCc1nnc(C(=O)O)o1. The van der Waals surface area contributed by atoms with Crippen molar-refractivity contribution in [2.24, 2.45) is 0 Å². The molecule has 0 saturated carbocycles. The molecular weight excluding hydrogens is 252 g/mol. The smallest absolute Gasteiger partial charge is 0.393 e. The normalized spacial score (nSPS) is 10.2. The number of ether oxygens (including phenoxy) is 2. The molecule has 0 unspecified atom stereocenters. The van der Waals surface area contributed by atoms with Gasteiger partial charge >= 0.3 is 11.9 Å². The molecule has 0 amide bonds. The summed E-state index contributed by atoms with van der Waals surface area (Å²) in [6, 6.07) is 5.45. The molecule has 0 atom stereocenters. The Morgan fingerprint density at radius 1 is 1.37 bits per heavy atom. The van der Waals surface area contributed by atoms with Gasteiger partial charge in [-0.15, -0.1) is 10.2 Å². The first kappa shape index (κ1) is 12.9. The highest BCUT2D eigenvalue weighted by Gasteiger charge is 2.14. The summed E-state index contributed by atoms with van der Waals surface area (Å²) in [5, 5.41) is 15.6. The van der Waals surface area contributed by atoms with Crippen LogP contribution >= 0.6 is 0 Å². The summed E-state index contributed by atoms with van der Waals surface area (Å²) in [7, 11) is 1.54. The zero-order valence-corrected chi connectivity index (χ0v) is 10.4. The first-order valence-electron chi connectivity index (χ1n) is 5.43. The predicted molar refractivity (Wildman–Crippen MR) is 63.3 cm³/mol. The van der Waals surface area contributed by atoms with Gasteiger partial charge in [0.05, 0.1) is 7.11 Å². The lowest BCUT2D eigenvalue weighted by atomic mass is 10.2. The van der Waals surface area contributed by atoms with Crippen LogP contribution in [0.4, 0.5) is 0 Å². The van der Waals surface area contributed by atoms with E-state index in [0.717, 1.165) is 5.56 Å². The van der Waals surface area contributed by atoms with Crippen molar-refractivity contribution < 1.29 is 23.8 Å². The zero-order chi connectivity index (χ0) is 13.8. The summed E-state index contributed by atoms with van der Waals surface area (Å²) >= 11 is 0. The molecule has 1 aromatic heterocycles. The van der Waals surface area contributed by atoms with Crippen molar-refractivity contribution in [1.29, 1.82) is 0 Å². The fourth-order valence-electron chi connectivity index (χ4n) is 1.43. The van der Waals surface area contributed by atoms with Crippen LogP contribution in [0.5, 0.6) is 11.5 Å². The maximum atomic E-state index is 10.6. The lowest BCUT2D eigenvalue weighted by Gasteiger charge is -2.09. The quantitative estimate of drug-likeness (QED) is 0.877. The van der Waals surface area contributed by atoms with E-state index in [1.165, 1.54) is 7.11 Å². The van der Waals surface area contributed by atoms with E-state index >= 15 is 0 Å². The maximum absolute atomic E-state index is 10.6. The Balaban J connectivity index is 2.07. The molecule has 7 heteroatoms. The monoisotopic (exact) mass is 264 g/mol. The molecule has 1 aromatic carbocycles. The second kappa shape index (κ2) is 5.38. The van der Waals surface area contributed by atoms with Gasteiger partial charge in [-0.3, -0.25) is 0 Å². The molecule has 2 aromatic rings. The van der Waals surface area contributed by atoms with Crippen molar-refractivity contribution in [3.05, 3.63) is 35.5 Å². The number of hydrogen-bond acceptors (Lipinski definition) is 6. The first-order chi connectivity index (χ1) is 9.10. The van der Waals surface area contributed by atoms with Crippen molar-refractivity contribution in [2.75, 3.05) is 7.11 Å². The summed E-state index contributed by atoms with van der Waals surface area (Å²) < 4.78 is 15.5. The second-order valence-electron chi connectivity index (χ2n) is 3.75. The van der Waals surface area contributed by atoms with Crippen molar-refractivity contribution >= 4 is 5.97 Å². The summed E-state index contributed by atoms with van der Waals surface area (Å²) in [5.74, 6) is -0.553. The number of nitrogens with zero attached hydrogens (tertiary/aromatic N) is 2. The number of rotatable bonds is 5. The van der Waals surface area contributed by atoms with Gasteiger partial charge in [-0.1, -0.05) is 6.07 Å². The predicted octanol–water partition coefficient (Wildman–Crippen LogP) is 1.66. The third kappa shape index (κ3) is 3.01. The van der Waals surface area contributed by atoms with E-state index in [0.29, 0.717) is 11.5 Å². The van der Waals surface area contributed by atoms with E-state index in [-0.39, 0.29) is 12.5 Å². The van der Waals surface area contributed by atoms with Gasteiger partial charge in [-0.2, -0.15) is 0 Å². The fraction of sp³-hybridized carbons (Fsp3) is 0.250. The van der Waals surface area contributed by atoms with Gasteiger partial charge in [0.1, 0.15) is 0 Å². The van der Waals surface area contributed by atoms with E-state index in [4.69, 9.17) is 19.0 Å². The van der Waals surface area contributed by atoms with Crippen molar-refractivity contribution in [3.63, 3.8) is 0 Å². The van der Waals surface area contributed by atoms with E-state index in [1.807, 2.05) is 19.1 Å². The lowest BCUT2D eigenvalue weighted by molar-refractivity contribution is 0.0649. The van der Waals surface area contributed by atoms with E-state index in [1.54, 1.807) is 6.07 Å². The van der Waals surface area contributed by atoms with Crippen LogP contribution in [0.3, 0.4) is 0 Å². The topological polar surface area (TPSA) is 94.7 Å². The molecule has 0 bridgehead atoms. The van der Waals surface area contributed by atoms with Crippen molar-refractivity contribution in [1.82, 2.24) is 10.2 Å². The number of aromatic carboxylic acids is 1. The van der Waals surface area contributed by atoms with Crippen molar-refractivity contribution in [2.45, 2.75) is 13.5 Å². The Morgan fingerprint density at radius 3 is 2.79 bits per heavy atom. The number of carboxylic acid groups (broad SMARTS) is 1. The summed E-state index contributed by atoms with van der Waals surface area (Å²) in [6.07, 6.45) is 0. The number of aryl methyl sites for hydroxylation is 1. The largest absolute Gasteiger partial charge is 0.493 e. The fourth-order valence-corrected chi connectivity index (χ4v) is 1.43. The lowest BCUT2D eigenvalue weighted by Crippen LogP contribution is -1.98. The van der Waals surface area contributed by atoms with Crippen LogP contribution in [-0.2, 0) is 6.61 Å².